The Labute approximate surface area is 106 Å². The minimum Gasteiger partial charge on any atom is -0.375 e. The van der Waals surface area contributed by atoms with Crippen LogP contribution in [0.2, 0.25) is 0 Å². The third-order valence-corrected chi connectivity index (χ3v) is 4.64. The molecule has 0 aromatic carbocycles. The van der Waals surface area contributed by atoms with Crippen molar-refractivity contribution in [3.05, 3.63) is 0 Å². The number of rotatable bonds is 7. The summed E-state index contributed by atoms with van der Waals surface area (Å²) in [4.78, 5) is 0. The lowest BCUT2D eigenvalue weighted by molar-refractivity contribution is 0.0225. The van der Waals surface area contributed by atoms with Gasteiger partial charge < -0.3 is 4.74 Å². The fraction of sp³-hybridized carbons (Fsp3) is 1.00. The van der Waals surface area contributed by atoms with Gasteiger partial charge in [0.05, 0.1) is 12.2 Å². The number of ether oxygens (including phenoxy) is 1. The van der Waals surface area contributed by atoms with E-state index in [1.54, 1.807) is 0 Å². The second-order valence-corrected chi connectivity index (χ2v) is 5.71. The molecule has 0 amide bonds. The van der Waals surface area contributed by atoms with Gasteiger partial charge in [-0.3, -0.25) is 0 Å². The molecule has 3 unspecified atom stereocenters. The maximum atomic E-state index is 6.22. The normalized spacial score (nSPS) is 29.2. The fourth-order valence-electron chi connectivity index (χ4n) is 2.71. The van der Waals surface area contributed by atoms with Crippen LogP contribution in [0.1, 0.15) is 65.7 Å². The molecule has 1 aliphatic heterocycles. The lowest BCUT2D eigenvalue weighted by Gasteiger charge is -2.33. The number of hydrogen-bond acceptors (Lipinski definition) is 1. The molecule has 16 heavy (non-hydrogen) atoms. The van der Waals surface area contributed by atoms with E-state index in [4.69, 9.17) is 16.3 Å². The summed E-state index contributed by atoms with van der Waals surface area (Å²) in [6.45, 7) is 6.71. The molecule has 3 atom stereocenters. The number of halogens is 1. The summed E-state index contributed by atoms with van der Waals surface area (Å²) in [5.41, 5.74) is 0.326. The highest BCUT2D eigenvalue weighted by molar-refractivity contribution is 6.18. The van der Waals surface area contributed by atoms with Crippen molar-refractivity contribution in [2.45, 2.75) is 77.9 Å². The van der Waals surface area contributed by atoms with E-state index >= 15 is 0 Å². The fourth-order valence-corrected chi connectivity index (χ4v) is 3.14. The average Bonchev–Trinajstić information content (AvgIpc) is 2.70. The summed E-state index contributed by atoms with van der Waals surface area (Å²) >= 11 is 6.22. The van der Waals surface area contributed by atoms with Crippen molar-refractivity contribution >= 4 is 11.6 Å². The molecule has 0 spiro atoms. The quantitative estimate of drug-likeness (QED) is 0.588. The molecule has 0 saturated carbocycles. The van der Waals surface area contributed by atoms with E-state index in [0.717, 1.165) is 12.3 Å². The van der Waals surface area contributed by atoms with Crippen LogP contribution < -0.4 is 0 Å². The SMILES string of the molecule is CCCCC(CC)(CCl)CC1CCC(C)O1. The Morgan fingerprint density at radius 3 is 2.50 bits per heavy atom. The molecule has 1 aliphatic rings. The number of hydrogen-bond donors (Lipinski definition) is 0. The lowest BCUT2D eigenvalue weighted by Crippen LogP contribution is -2.28. The number of unbranched alkanes of at least 4 members (excludes halogenated alkanes) is 1. The minimum absolute atomic E-state index is 0.326. The summed E-state index contributed by atoms with van der Waals surface area (Å²) in [7, 11) is 0. The maximum Gasteiger partial charge on any atom is 0.0585 e. The van der Waals surface area contributed by atoms with Crippen LogP contribution in [0.15, 0.2) is 0 Å². The predicted molar refractivity (Wildman–Crippen MR) is 71.2 cm³/mol. The summed E-state index contributed by atoms with van der Waals surface area (Å²) in [6.07, 6.45) is 9.54. The van der Waals surface area contributed by atoms with Crippen LogP contribution in [-0.4, -0.2) is 18.1 Å². The highest BCUT2D eigenvalue weighted by atomic mass is 35.5. The van der Waals surface area contributed by atoms with Crippen molar-refractivity contribution in [2.24, 2.45) is 5.41 Å². The zero-order valence-electron chi connectivity index (χ0n) is 11.1. The van der Waals surface area contributed by atoms with Crippen molar-refractivity contribution in [2.75, 3.05) is 5.88 Å². The van der Waals surface area contributed by atoms with E-state index in [1.165, 1.54) is 38.5 Å². The second kappa shape index (κ2) is 6.86. The van der Waals surface area contributed by atoms with Crippen LogP contribution in [0.25, 0.3) is 0 Å². The van der Waals surface area contributed by atoms with E-state index in [2.05, 4.69) is 20.8 Å². The van der Waals surface area contributed by atoms with Gasteiger partial charge in [0.25, 0.3) is 0 Å². The van der Waals surface area contributed by atoms with Gasteiger partial charge in [-0.05, 0) is 44.4 Å². The highest BCUT2D eigenvalue weighted by Gasteiger charge is 2.33. The summed E-state index contributed by atoms with van der Waals surface area (Å²) in [5.74, 6) is 0.789. The van der Waals surface area contributed by atoms with Gasteiger partial charge in [0.2, 0.25) is 0 Å². The van der Waals surface area contributed by atoms with Crippen molar-refractivity contribution in [3.63, 3.8) is 0 Å². The first-order valence-electron chi connectivity index (χ1n) is 6.87. The molecule has 1 fully saturated rings. The molecule has 0 aliphatic carbocycles. The van der Waals surface area contributed by atoms with Gasteiger partial charge >= 0.3 is 0 Å². The topological polar surface area (TPSA) is 9.23 Å². The van der Waals surface area contributed by atoms with Crippen molar-refractivity contribution < 1.29 is 4.74 Å². The van der Waals surface area contributed by atoms with Crippen molar-refractivity contribution in [3.8, 4) is 0 Å². The van der Waals surface area contributed by atoms with Gasteiger partial charge in [0.1, 0.15) is 0 Å². The van der Waals surface area contributed by atoms with E-state index in [9.17, 15) is 0 Å². The van der Waals surface area contributed by atoms with Gasteiger partial charge in [0.15, 0.2) is 0 Å². The van der Waals surface area contributed by atoms with Crippen LogP contribution in [-0.2, 0) is 4.74 Å². The van der Waals surface area contributed by atoms with Gasteiger partial charge in [0, 0.05) is 5.88 Å². The first-order chi connectivity index (χ1) is 7.65. The van der Waals surface area contributed by atoms with E-state index in [1.807, 2.05) is 0 Å². The summed E-state index contributed by atoms with van der Waals surface area (Å²) < 4.78 is 5.94. The Hall–Kier alpha value is 0.250. The average molecular weight is 247 g/mol. The minimum atomic E-state index is 0.326. The van der Waals surface area contributed by atoms with E-state index < -0.39 is 0 Å². The molecule has 96 valence electrons. The van der Waals surface area contributed by atoms with Crippen molar-refractivity contribution in [1.29, 1.82) is 0 Å². The zero-order chi connectivity index (χ0) is 12.0. The molecule has 1 saturated heterocycles. The highest BCUT2D eigenvalue weighted by Crippen LogP contribution is 2.39. The van der Waals surface area contributed by atoms with Crippen molar-refractivity contribution in [1.82, 2.24) is 0 Å². The predicted octanol–water partition coefficient (Wildman–Crippen LogP) is 4.77. The number of alkyl halides is 1. The van der Waals surface area contributed by atoms with Gasteiger partial charge in [-0.2, -0.15) is 0 Å². The van der Waals surface area contributed by atoms with Gasteiger partial charge in [-0.15, -0.1) is 11.6 Å². The molecule has 0 aromatic rings. The molecule has 1 rings (SSSR count). The molecule has 0 aromatic heterocycles. The molecule has 0 N–H and O–H groups in total. The Bertz CT molecular complexity index is 189. The standard InChI is InChI=1S/C14H27ClO/c1-4-6-9-14(5-2,11-15)10-13-8-7-12(3)16-13/h12-13H,4-11H2,1-3H3. The lowest BCUT2D eigenvalue weighted by atomic mass is 9.77. The Morgan fingerprint density at radius 1 is 1.31 bits per heavy atom. The molecule has 2 heteroatoms. The van der Waals surface area contributed by atoms with Crippen LogP contribution in [0, 0.1) is 5.41 Å². The van der Waals surface area contributed by atoms with Gasteiger partial charge in [-0.25, -0.2) is 0 Å². The van der Waals surface area contributed by atoms with Crippen LogP contribution in [0.3, 0.4) is 0 Å². The molecular formula is C14H27ClO. The molecule has 1 nitrogen and oxygen atoms in total. The Balaban J connectivity index is 2.48. The summed E-state index contributed by atoms with van der Waals surface area (Å²) in [5, 5.41) is 0. The monoisotopic (exact) mass is 246 g/mol. The smallest absolute Gasteiger partial charge is 0.0585 e. The molecule has 0 radical (unpaired) electrons. The first-order valence-corrected chi connectivity index (χ1v) is 7.40. The molecule has 1 heterocycles. The van der Waals surface area contributed by atoms with Crippen LogP contribution in [0.5, 0.6) is 0 Å². The Kier molecular flexibility index (Phi) is 6.13. The Morgan fingerprint density at radius 2 is 2.06 bits per heavy atom. The third kappa shape index (κ3) is 3.92. The summed E-state index contributed by atoms with van der Waals surface area (Å²) in [6, 6.07) is 0. The second-order valence-electron chi connectivity index (χ2n) is 5.44. The first kappa shape index (κ1) is 14.3. The largest absolute Gasteiger partial charge is 0.375 e. The van der Waals surface area contributed by atoms with Gasteiger partial charge in [-0.1, -0.05) is 26.7 Å². The van der Waals surface area contributed by atoms with E-state index in [-0.39, 0.29) is 0 Å². The zero-order valence-corrected chi connectivity index (χ0v) is 11.9. The molecular weight excluding hydrogens is 220 g/mol. The third-order valence-electron chi connectivity index (χ3n) is 4.07. The van der Waals surface area contributed by atoms with Crippen LogP contribution >= 0.6 is 11.6 Å². The van der Waals surface area contributed by atoms with Crippen LogP contribution in [0.4, 0.5) is 0 Å². The molecule has 0 bridgehead atoms. The van der Waals surface area contributed by atoms with E-state index in [0.29, 0.717) is 17.6 Å². The maximum absolute atomic E-state index is 6.22.